The molecule has 24 heavy (non-hydrogen) atoms. The summed E-state index contributed by atoms with van der Waals surface area (Å²) in [4.78, 5) is 14.9. The second-order valence-electron chi connectivity index (χ2n) is 8.74. The normalized spacial score (nSPS) is 30.8. The molecule has 5 heteroatoms. The number of carbonyl (C=O) groups is 1. The Hall–Kier alpha value is -1.17. The minimum Gasteiger partial charge on any atom is -0.374 e. The van der Waals surface area contributed by atoms with Crippen LogP contribution in [0.15, 0.2) is 30.3 Å². The van der Waals surface area contributed by atoms with Crippen LogP contribution in [0.5, 0.6) is 0 Å². The Bertz CT molecular complexity index is 625. The van der Waals surface area contributed by atoms with Crippen LogP contribution in [0.2, 0.25) is 18.1 Å². The topological polar surface area (TPSA) is 38.8 Å². The van der Waals surface area contributed by atoms with Gasteiger partial charge in [-0.3, -0.25) is 9.69 Å². The number of hydrogen-bond acceptors (Lipinski definition) is 3. The number of amides is 1. The van der Waals surface area contributed by atoms with Crippen molar-refractivity contribution in [3.8, 4) is 0 Å². The number of ether oxygens (including phenoxy) is 1. The van der Waals surface area contributed by atoms with Crippen molar-refractivity contribution in [3.05, 3.63) is 35.9 Å². The predicted octanol–water partition coefficient (Wildman–Crippen LogP) is 4.30. The Balaban J connectivity index is 1.94. The summed E-state index contributed by atoms with van der Waals surface area (Å²) in [6, 6.07) is 9.75. The Kier molecular flexibility index (Phi) is 4.18. The van der Waals surface area contributed by atoms with Gasteiger partial charge in [-0.1, -0.05) is 58.0 Å². The number of fused-ring (bicyclic) bond motifs is 1. The minimum absolute atomic E-state index is 0.0317. The average Bonchev–Trinajstić information content (AvgIpc) is 2.91. The number of hydrogen-bond donors (Lipinski definition) is 0. The molecule has 0 unspecified atom stereocenters. The number of carbonyl (C=O) groups excluding carboxylic acids is 1. The Morgan fingerprint density at radius 2 is 1.88 bits per heavy atom. The molecule has 4 nitrogen and oxygen atoms in total. The molecule has 2 aliphatic rings. The van der Waals surface area contributed by atoms with E-state index in [-0.39, 0.29) is 10.9 Å². The molecule has 0 spiro atoms. The van der Waals surface area contributed by atoms with Crippen molar-refractivity contribution in [2.45, 2.75) is 64.3 Å². The summed E-state index contributed by atoms with van der Waals surface area (Å²) >= 11 is 0. The van der Waals surface area contributed by atoms with Crippen LogP contribution >= 0.6 is 0 Å². The highest BCUT2D eigenvalue weighted by Gasteiger charge is 2.61. The SMILES string of the molecule is C[C@H]1CN2C(=O)[C@H](c3ccccc3)O[C@]2(O[Si](C)(C)C(C)(C)C)C1. The van der Waals surface area contributed by atoms with E-state index in [1.165, 1.54) is 0 Å². The van der Waals surface area contributed by atoms with Gasteiger partial charge in [-0.2, -0.15) is 0 Å². The summed E-state index contributed by atoms with van der Waals surface area (Å²) in [5.41, 5.74) is 0.905. The van der Waals surface area contributed by atoms with Crippen molar-refractivity contribution in [1.82, 2.24) is 4.90 Å². The van der Waals surface area contributed by atoms with Crippen LogP contribution < -0.4 is 0 Å². The highest BCUT2D eigenvalue weighted by atomic mass is 28.4. The van der Waals surface area contributed by atoms with Gasteiger partial charge in [0.1, 0.15) is 0 Å². The first kappa shape index (κ1) is 17.6. The smallest absolute Gasteiger partial charge is 0.260 e. The molecule has 2 heterocycles. The molecule has 132 valence electrons. The molecule has 1 amide bonds. The summed E-state index contributed by atoms with van der Waals surface area (Å²) < 4.78 is 13.1. The monoisotopic (exact) mass is 347 g/mol. The van der Waals surface area contributed by atoms with Crippen molar-refractivity contribution in [2.75, 3.05) is 6.54 Å². The molecular weight excluding hydrogens is 318 g/mol. The first-order valence-corrected chi connectivity index (χ1v) is 11.7. The van der Waals surface area contributed by atoms with Crippen LogP contribution in [0.25, 0.3) is 0 Å². The minimum atomic E-state index is -2.07. The van der Waals surface area contributed by atoms with Crippen molar-refractivity contribution < 1.29 is 14.0 Å². The van der Waals surface area contributed by atoms with E-state index >= 15 is 0 Å². The lowest BCUT2D eigenvalue weighted by Gasteiger charge is -2.43. The van der Waals surface area contributed by atoms with E-state index in [1.807, 2.05) is 35.2 Å². The second-order valence-corrected chi connectivity index (χ2v) is 13.5. The molecule has 0 N–H and O–H groups in total. The highest BCUT2D eigenvalue weighted by Crippen LogP contribution is 2.50. The fourth-order valence-corrected chi connectivity index (χ4v) is 4.67. The van der Waals surface area contributed by atoms with Crippen LogP contribution in [0.3, 0.4) is 0 Å². The lowest BCUT2D eigenvalue weighted by Crippen LogP contribution is -2.54. The average molecular weight is 348 g/mol. The van der Waals surface area contributed by atoms with Gasteiger partial charge in [0, 0.05) is 13.0 Å². The molecule has 0 aliphatic carbocycles. The zero-order valence-electron chi connectivity index (χ0n) is 15.6. The molecule has 0 bridgehead atoms. The van der Waals surface area contributed by atoms with Gasteiger partial charge in [0.15, 0.2) is 14.4 Å². The van der Waals surface area contributed by atoms with Crippen molar-refractivity contribution in [3.63, 3.8) is 0 Å². The van der Waals surface area contributed by atoms with Crippen LogP contribution in [-0.4, -0.2) is 31.6 Å². The summed E-state index contributed by atoms with van der Waals surface area (Å²) in [6.07, 6.45) is 0.192. The molecule has 1 aromatic rings. The summed E-state index contributed by atoms with van der Waals surface area (Å²) in [7, 11) is -2.07. The van der Waals surface area contributed by atoms with Gasteiger partial charge < -0.3 is 9.16 Å². The lowest BCUT2D eigenvalue weighted by molar-refractivity contribution is -0.230. The van der Waals surface area contributed by atoms with E-state index in [1.54, 1.807) is 0 Å². The van der Waals surface area contributed by atoms with Crippen LogP contribution in [0.4, 0.5) is 0 Å². The molecule has 2 fully saturated rings. The van der Waals surface area contributed by atoms with Gasteiger partial charge in [0.05, 0.1) is 0 Å². The molecule has 3 rings (SSSR count). The highest BCUT2D eigenvalue weighted by molar-refractivity contribution is 6.74. The number of benzene rings is 1. The van der Waals surface area contributed by atoms with Crippen LogP contribution in [0.1, 0.15) is 45.8 Å². The second kappa shape index (κ2) is 5.68. The third kappa shape index (κ3) is 2.83. The molecule has 0 radical (unpaired) electrons. The van der Waals surface area contributed by atoms with E-state index in [2.05, 4.69) is 40.8 Å². The summed E-state index contributed by atoms with van der Waals surface area (Å²) in [6.45, 7) is 13.9. The third-order valence-electron chi connectivity index (χ3n) is 5.63. The molecule has 2 aliphatic heterocycles. The van der Waals surface area contributed by atoms with Gasteiger partial charge in [0.2, 0.25) is 5.91 Å². The predicted molar refractivity (Wildman–Crippen MR) is 96.8 cm³/mol. The van der Waals surface area contributed by atoms with Crippen molar-refractivity contribution in [1.29, 1.82) is 0 Å². The lowest BCUT2D eigenvalue weighted by atomic mass is 10.1. The zero-order valence-corrected chi connectivity index (χ0v) is 16.6. The van der Waals surface area contributed by atoms with E-state index in [4.69, 9.17) is 9.16 Å². The van der Waals surface area contributed by atoms with Crippen LogP contribution in [0, 0.1) is 5.92 Å². The Labute approximate surface area is 146 Å². The fraction of sp³-hybridized carbons (Fsp3) is 0.632. The maximum absolute atomic E-state index is 13.0. The third-order valence-corrected chi connectivity index (χ3v) is 10.1. The first-order valence-electron chi connectivity index (χ1n) is 8.80. The molecular formula is C19H29NO3Si. The number of nitrogens with zero attached hydrogens (tertiary/aromatic N) is 1. The maximum atomic E-state index is 13.0. The maximum Gasteiger partial charge on any atom is 0.260 e. The van der Waals surface area contributed by atoms with E-state index in [0.717, 1.165) is 12.0 Å². The fourth-order valence-electron chi connectivity index (χ4n) is 3.32. The van der Waals surface area contributed by atoms with Crippen LogP contribution in [-0.2, 0) is 14.0 Å². The standard InChI is InChI=1S/C19H29NO3Si/c1-14-12-19(23-24(5,6)18(2,3)4)20(13-14)17(21)16(22-19)15-10-8-7-9-11-15/h7-11,14,16H,12-13H2,1-6H3/t14-,16+,19+/m1/s1. The van der Waals surface area contributed by atoms with Gasteiger partial charge >= 0.3 is 0 Å². The van der Waals surface area contributed by atoms with Gasteiger partial charge in [-0.15, -0.1) is 0 Å². The van der Waals surface area contributed by atoms with E-state index in [9.17, 15) is 4.79 Å². The van der Waals surface area contributed by atoms with E-state index < -0.39 is 20.3 Å². The summed E-state index contributed by atoms with van der Waals surface area (Å²) in [5, 5.41) is 0.0660. The Morgan fingerprint density at radius 1 is 1.25 bits per heavy atom. The van der Waals surface area contributed by atoms with E-state index in [0.29, 0.717) is 12.5 Å². The zero-order chi connectivity index (χ0) is 17.8. The largest absolute Gasteiger partial charge is 0.374 e. The molecule has 0 aromatic heterocycles. The van der Waals surface area contributed by atoms with Gasteiger partial charge in [-0.25, -0.2) is 0 Å². The van der Waals surface area contributed by atoms with Gasteiger partial charge in [-0.05, 0) is 29.6 Å². The van der Waals surface area contributed by atoms with Gasteiger partial charge in [0.25, 0.3) is 5.91 Å². The first-order chi connectivity index (χ1) is 11.1. The molecule has 0 saturated carbocycles. The molecule has 1 aromatic carbocycles. The number of rotatable bonds is 3. The van der Waals surface area contributed by atoms with Crippen molar-refractivity contribution >= 4 is 14.2 Å². The molecule has 2 saturated heterocycles. The van der Waals surface area contributed by atoms with Crippen molar-refractivity contribution in [2.24, 2.45) is 5.92 Å². The Morgan fingerprint density at radius 3 is 2.46 bits per heavy atom. The quantitative estimate of drug-likeness (QED) is 0.765. The summed E-state index contributed by atoms with van der Waals surface area (Å²) in [5.74, 6) is -0.472. The molecule has 3 atom stereocenters.